The van der Waals surface area contributed by atoms with Gasteiger partial charge in [0.2, 0.25) is 0 Å². The van der Waals surface area contributed by atoms with Crippen LogP contribution in [0, 0.1) is 0 Å². The van der Waals surface area contributed by atoms with E-state index in [2.05, 4.69) is 22.2 Å². The molecule has 102 valence electrons. The van der Waals surface area contributed by atoms with Gasteiger partial charge in [-0.15, -0.1) is 0 Å². The van der Waals surface area contributed by atoms with Gasteiger partial charge in [-0.25, -0.2) is 0 Å². The van der Waals surface area contributed by atoms with Gasteiger partial charge in [-0.3, -0.25) is 0 Å². The van der Waals surface area contributed by atoms with Gasteiger partial charge in [0.25, 0.3) is 0 Å². The number of nitrogens with zero attached hydrogens (tertiary/aromatic N) is 2. The van der Waals surface area contributed by atoms with Crippen LogP contribution >= 0.6 is 0 Å². The molecule has 1 rings (SSSR count). The molecular weight excluding hydrogens is 218 g/mol. The molecule has 0 aromatic heterocycles. The van der Waals surface area contributed by atoms with Gasteiger partial charge in [0, 0.05) is 46.9 Å². The lowest BCUT2D eigenvalue weighted by molar-refractivity contribution is -0.0986. The van der Waals surface area contributed by atoms with E-state index >= 15 is 0 Å². The summed E-state index contributed by atoms with van der Waals surface area (Å²) in [5.41, 5.74) is 0. The fourth-order valence-corrected chi connectivity index (χ4v) is 1.98. The Hall–Kier alpha value is -0.200. The van der Waals surface area contributed by atoms with Gasteiger partial charge >= 0.3 is 0 Å². The average Bonchev–Trinajstić information content (AvgIpc) is 2.36. The summed E-state index contributed by atoms with van der Waals surface area (Å²) in [5.74, 6) is 0. The molecule has 5 nitrogen and oxygen atoms in total. The van der Waals surface area contributed by atoms with Crippen LogP contribution in [0.2, 0.25) is 0 Å². The molecule has 17 heavy (non-hydrogen) atoms. The standard InChI is InChI=1S/C12H27N3O2/c1-14-7-9-15(10-8-14)6-4-5-13-11-12(16-2)17-3/h12-13H,4-11H2,1-3H3. The van der Waals surface area contributed by atoms with Gasteiger partial charge in [0.1, 0.15) is 0 Å². The SMILES string of the molecule is COC(CNCCCN1CCN(C)CC1)OC. The van der Waals surface area contributed by atoms with Crippen LogP contribution in [-0.2, 0) is 9.47 Å². The number of piperazine rings is 1. The fraction of sp³-hybridized carbons (Fsp3) is 1.00. The molecule has 0 unspecified atom stereocenters. The molecule has 1 aliphatic rings. The Morgan fingerprint density at radius 3 is 2.35 bits per heavy atom. The van der Waals surface area contributed by atoms with Crippen LogP contribution in [0.3, 0.4) is 0 Å². The summed E-state index contributed by atoms with van der Waals surface area (Å²) in [5, 5.41) is 3.35. The van der Waals surface area contributed by atoms with E-state index in [0.717, 1.165) is 13.1 Å². The fourth-order valence-electron chi connectivity index (χ4n) is 1.98. The summed E-state index contributed by atoms with van der Waals surface area (Å²) < 4.78 is 10.2. The molecule has 1 fully saturated rings. The molecule has 1 saturated heterocycles. The highest BCUT2D eigenvalue weighted by molar-refractivity contribution is 4.69. The van der Waals surface area contributed by atoms with Crippen LogP contribution in [0.5, 0.6) is 0 Å². The first-order chi connectivity index (χ1) is 8.26. The molecule has 5 heteroatoms. The van der Waals surface area contributed by atoms with Gasteiger partial charge in [-0.2, -0.15) is 0 Å². The molecule has 0 bridgehead atoms. The lowest BCUT2D eigenvalue weighted by Gasteiger charge is -2.32. The minimum atomic E-state index is -0.126. The zero-order valence-corrected chi connectivity index (χ0v) is 11.4. The number of ether oxygens (including phenoxy) is 2. The molecule has 0 saturated carbocycles. The van der Waals surface area contributed by atoms with Crippen LogP contribution in [0.25, 0.3) is 0 Å². The number of hydrogen-bond donors (Lipinski definition) is 1. The maximum absolute atomic E-state index is 5.11. The molecule has 0 amide bonds. The van der Waals surface area contributed by atoms with Gasteiger partial charge in [-0.1, -0.05) is 0 Å². The van der Waals surface area contributed by atoms with Crippen LogP contribution < -0.4 is 5.32 Å². The van der Waals surface area contributed by atoms with E-state index in [4.69, 9.17) is 9.47 Å². The monoisotopic (exact) mass is 245 g/mol. The molecule has 0 aromatic rings. The average molecular weight is 245 g/mol. The van der Waals surface area contributed by atoms with Crippen molar-refractivity contribution in [3.63, 3.8) is 0 Å². The topological polar surface area (TPSA) is 37.0 Å². The predicted molar refractivity (Wildman–Crippen MR) is 69.2 cm³/mol. The quantitative estimate of drug-likeness (QED) is 0.475. The summed E-state index contributed by atoms with van der Waals surface area (Å²) in [4.78, 5) is 4.92. The Bertz CT molecular complexity index is 181. The first-order valence-electron chi connectivity index (χ1n) is 6.43. The minimum Gasteiger partial charge on any atom is -0.355 e. The van der Waals surface area contributed by atoms with E-state index in [0.29, 0.717) is 0 Å². The van der Waals surface area contributed by atoms with Crippen molar-refractivity contribution in [3.05, 3.63) is 0 Å². The lowest BCUT2D eigenvalue weighted by Crippen LogP contribution is -2.45. The van der Waals surface area contributed by atoms with E-state index in [9.17, 15) is 0 Å². The molecule has 1 N–H and O–H groups in total. The second kappa shape index (κ2) is 8.83. The van der Waals surface area contributed by atoms with Crippen molar-refractivity contribution in [2.45, 2.75) is 12.7 Å². The molecule has 0 aliphatic carbocycles. The Morgan fingerprint density at radius 1 is 1.12 bits per heavy atom. The van der Waals surface area contributed by atoms with E-state index in [1.807, 2.05) is 0 Å². The molecule has 0 spiro atoms. The number of likely N-dealkylation sites (N-methyl/N-ethyl adjacent to an activating group) is 1. The van der Waals surface area contributed by atoms with Crippen molar-refractivity contribution >= 4 is 0 Å². The second-order valence-corrected chi connectivity index (χ2v) is 4.60. The number of hydrogen-bond acceptors (Lipinski definition) is 5. The van der Waals surface area contributed by atoms with Crippen molar-refractivity contribution in [1.29, 1.82) is 0 Å². The zero-order chi connectivity index (χ0) is 12.5. The van der Waals surface area contributed by atoms with Crippen LogP contribution in [0.1, 0.15) is 6.42 Å². The molecule has 1 heterocycles. The third-order valence-electron chi connectivity index (χ3n) is 3.26. The molecule has 0 aromatic carbocycles. The first-order valence-corrected chi connectivity index (χ1v) is 6.43. The molecular formula is C12H27N3O2. The first kappa shape index (κ1) is 14.9. The summed E-state index contributed by atoms with van der Waals surface area (Å²) in [6.45, 7) is 7.77. The molecule has 0 atom stereocenters. The van der Waals surface area contributed by atoms with Gasteiger partial charge in [0.05, 0.1) is 0 Å². The highest BCUT2D eigenvalue weighted by atomic mass is 16.7. The van der Waals surface area contributed by atoms with Gasteiger partial charge < -0.3 is 24.6 Å². The van der Waals surface area contributed by atoms with Crippen LogP contribution in [-0.4, -0.2) is 83.2 Å². The highest BCUT2D eigenvalue weighted by Gasteiger charge is 2.12. The van der Waals surface area contributed by atoms with Crippen LogP contribution in [0.4, 0.5) is 0 Å². The zero-order valence-electron chi connectivity index (χ0n) is 11.4. The second-order valence-electron chi connectivity index (χ2n) is 4.60. The van der Waals surface area contributed by atoms with Gasteiger partial charge in [0.15, 0.2) is 6.29 Å². The third-order valence-corrected chi connectivity index (χ3v) is 3.26. The van der Waals surface area contributed by atoms with Crippen molar-refractivity contribution in [2.75, 3.05) is 67.1 Å². The minimum absolute atomic E-state index is 0.126. The Morgan fingerprint density at radius 2 is 1.76 bits per heavy atom. The molecule has 0 radical (unpaired) electrons. The van der Waals surface area contributed by atoms with Crippen LogP contribution in [0.15, 0.2) is 0 Å². The smallest absolute Gasteiger partial charge is 0.169 e. The normalized spacial score (nSPS) is 19.1. The van der Waals surface area contributed by atoms with Crippen molar-refractivity contribution in [1.82, 2.24) is 15.1 Å². The van der Waals surface area contributed by atoms with Crippen molar-refractivity contribution in [3.8, 4) is 0 Å². The maximum Gasteiger partial charge on any atom is 0.169 e. The molecule has 1 aliphatic heterocycles. The lowest BCUT2D eigenvalue weighted by atomic mass is 10.3. The number of nitrogens with one attached hydrogen (secondary N) is 1. The summed E-state index contributed by atoms with van der Waals surface area (Å²) >= 11 is 0. The predicted octanol–water partition coefficient (Wildman–Crippen LogP) is -0.168. The maximum atomic E-state index is 5.11. The summed E-state index contributed by atoms with van der Waals surface area (Å²) in [6, 6.07) is 0. The van der Waals surface area contributed by atoms with Gasteiger partial charge in [-0.05, 0) is 26.6 Å². The van der Waals surface area contributed by atoms with Crippen molar-refractivity contribution in [2.24, 2.45) is 0 Å². The van der Waals surface area contributed by atoms with E-state index in [1.165, 1.54) is 39.1 Å². The summed E-state index contributed by atoms with van der Waals surface area (Å²) in [6.07, 6.45) is 1.06. The van der Waals surface area contributed by atoms with E-state index in [-0.39, 0.29) is 6.29 Å². The Kier molecular flexibility index (Phi) is 7.72. The van der Waals surface area contributed by atoms with E-state index < -0.39 is 0 Å². The van der Waals surface area contributed by atoms with E-state index in [1.54, 1.807) is 14.2 Å². The Balaban J connectivity index is 1.93. The summed E-state index contributed by atoms with van der Waals surface area (Å²) in [7, 11) is 5.52. The number of rotatable bonds is 8. The third kappa shape index (κ3) is 6.33. The highest BCUT2D eigenvalue weighted by Crippen LogP contribution is 1.99. The van der Waals surface area contributed by atoms with Crippen molar-refractivity contribution < 1.29 is 9.47 Å². The number of methoxy groups -OCH3 is 2. The largest absolute Gasteiger partial charge is 0.355 e. The Labute approximate surface area is 105 Å².